The van der Waals surface area contributed by atoms with Gasteiger partial charge in [0.1, 0.15) is 5.78 Å². The summed E-state index contributed by atoms with van der Waals surface area (Å²) in [5, 5.41) is 21.3. The average molecular weight is 235 g/mol. The van der Waals surface area contributed by atoms with Crippen molar-refractivity contribution in [3.63, 3.8) is 0 Å². The van der Waals surface area contributed by atoms with E-state index in [2.05, 4.69) is 5.32 Å². The molecule has 1 N–H and O–H groups in total. The van der Waals surface area contributed by atoms with Gasteiger partial charge in [-0.1, -0.05) is 0 Å². The molecule has 0 fully saturated rings. The van der Waals surface area contributed by atoms with Crippen molar-refractivity contribution in [2.24, 2.45) is 0 Å². The second-order valence-corrected chi connectivity index (χ2v) is 2.15. The third-order valence-corrected chi connectivity index (χ3v) is 0.714. The van der Waals surface area contributed by atoms with Crippen molar-refractivity contribution in [2.45, 2.75) is 13.3 Å². The average Bonchev–Trinajstić information content (AvgIpc) is 1.83. The number of hydrogen-bond donors (Lipinski definition) is 1. The first-order valence-electron chi connectivity index (χ1n) is 3.43. The number of carboxylic acids is 2. The van der Waals surface area contributed by atoms with Crippen LogP contribution < -0.4 is 74.6 Å². The Bertz CT molecular complexity index is 186. The molecule has 0 atom stereocenters. The summed E-state index contributed by atoms with van der Waals surface area (Å²) in [5.74, 6) is -2.76. The Balaban J connectivity index is -0.0000000718. The summed E-state index contributed by atoms with van der Waals surface area (Å²) in [5.41, 5.74) is 0. The van der Waals surface area contributed by atoms with Crippen LogP contribution in [0.15, 0.2) is 0 Å². The third-order valence-electron chi connectivity index (χ3n) is 0.714. The molecule has 0 aliphatic carbocycles. The van der Waals surface area contributed by atoms with Crippen LogP contribution in [-0.2, 0) is 14.4 Å². The zero-order valence-corrected chi connectivity index (χ0v) is 13.5. The molecule has 0 rings (SSSR count). The number of rotatable bonds is 4. The quantitative estimate of drug-likeness (QED) is 0.383. The molecule has 0 aliphatic heterocycles. The van der Waals surface area contributed by atoms with Crippen LogP contribution in [0.5, 0.6) is 0 Å². The topological polar surface area (TPSA) is 109 Å². The molecule has 0 unspecified atom stereocenters. The van der Waals surface area contributed by atoms with Crippen LogP contribution in [0.1, 0.15) is 13.3 Å². The summed E-state index contributed by atoms with van der Waals surface area (Å²) in [6, 6.07) is 0. The van der Waals surface area contributed by atoms with E-state index in [1.165, 1.54) is 6.92 Å². The van der Waals surface area contributed by atoms with Gasteiger partial charge in [-0.15, -0.1) is 0 Å². The fourth-order valence-electron chi connectivity index (χ4n) is 0.348. The molecule has 0 aliphatic rings. The van der Waals surface area contributed by atoms with Crippen molar-refractivity contribution in [1.29, 1.82) is 0 Å². The fraction of sp³-hybridized carbons (Fsp3) is 0.571. The van der Waals surface area contributed by atoms with Crippen LogP contribution in [0.4, 0.5) is 0 Å². The molecule has 0 saturated heterocycles. The van der Waals surface area contributed by atoms with Crippen molar-refractivity contribution >= 4 is 17.7 Å². The van der Waals surface area contributed by atoms with Gasteiger partial charge in [0.15, 0.2) is 0 Å². The van der Waals surface area contributed by atoms with Crippen molar-refractivity contribution in [3.8, 4) is 0 Å². The molecular formula is C7H11NNa2O5. The maximum Gasteiger partial charge on any atom is 1.00 e. The number of aliphatic carboxylic acids is 2. The SMILES string of the molecule is CC(=O)CC(=O)[O-].CNCC(=O)[O-].[Na+].[Na+]. The number of likely N-dealkylation sites (N-methyl/N-ethyl adjacent to an activating group) is 1. The van der Waals surface area contributed by atoms with Gasteiger partial charge in [0.25, 0.3) is 0 Å². The molecule has 0 heterocycles. The summed E-state index contributed by atoms with van der Waals surface area (Å²) in [4.78, 5) is 28.7. The van der Waals surface area contributed by atoms with Gasteiger partial charge in [-0.2, -0.15) is 0 Å². The summed E-state index contributed by atoms with van der Waals surface area (Å²) < 4.78 is 0. The van der Waals surface area contributed by atoms with Gasteiger partial charge in [0.2, 0.25) is 0 Å². The Morgan fingerprint density at radius 2 is 1.47 bits per heavy atom. The number of ketones is 1. The Kier molecular flexibility index (Phi) is 28.0. The van der Waals surface area contributed by atoms with Gasteiger partial charge in [0, 0.05) is 18.9 Å². The van der Waals surface area contributed by atoms with Crippen molar-refractivity contribution in [2.75, 3.05) is 13.6 Å². The molecule has 6 nitrogen and oxygen atoms in total. The third kappa shape index (κ3) is 40.2. The zero-order chi connectivity index (χ0) is 10.9. The van der Waals surface area contributed by atoms with E-state index in [1.54, 1.807) is 7.05 Å². The van der Waals surface area contributed by atoms with E-state index >= 15 is 0 Å². The summed E-state index contributed by atoms with van der Waals surface area (Å²) in [6.07, 6.45) is -0.472. The van der Waals surface area contributed by atoms with Gasteiger partial charge in [-0.3, -0.25) is 4.79 Å². The van der Waals surface area contributed by atoms with E-state index in [0.29, 0.717) is 0 Å². The second kappa shape index (κ2) is 17.0. The molecule has 0 aromatic carbocycles. The number of carbonyl (C=O) groups excluding carboxylic acids is 3. The minimum absolute atomic E-state index is 0. The van der Waals surface area contributed by atoms with Gasteiger partial charge in [-0.05, 0) is 14.0 Å². The molecule has 76 valence electrons. The number of hydrogen-bond acceptors (Lipinski definition) is 6. The van der Waals surface area contributed by atoms with Crippen LogP contribution >= 0.6 is 0 Å². The van der Waals surface area contributed by atoms with Gasteiger partial charge >= 0.3 is 59.1 Å². The summed E-state index contributed by atoms with van der Waals surface area (Å²) in [7, 11) is 1.55. The number of Topliss-reactive ketones (excluding diaryl/α,β-unsaturated/α-hetero) is 1. The van der Waals surface area contributed by atoms with Gasteiger partial charge in [-0.25, -0.2) is 0 Å². The van der Waals surface area contributed by atoms with Crippen molar-refractivity contribution in [3.05, 3.63) is 0 Å². The molecule has 0 bridgehead atoms. The standard InChI is InChI=1S/C4H6O3.C3H7NO2.2Na/c1-3(5)2-4(6)7;1-4-2-3(5)6;;/h2H2,1H3,(H,6,7);4H,2H2,1H3,(H,5,6);;/q;;2*+1/p-2. The smallest absolute Gasteiger partial charge is 0.550 e. The molecule has 8 heteroatoms. The van der Waals surface area contributed by atoms with Crippen LogP contribution in [0, 0.1) is 0 Å². The van der Waals surface area contributed by atoms with Crippen molar-refractivity contribution < 1.29 is 83.7 Å². The monoisotopic (exact) mass is 235 g/mol. The number of nitrogens with one attached hydrogen (secondary N) is 1. The minimum atomic E-state index is -1.31. The summed E-state index contributed by atoms with van der Waals surface area (Å²) >= 11 is 0. The fourth-order valence-corrected chi connectivity index (χ4v) is 0.348. The molecule has 15 heavy (non-hydrogen) atoms. The molecule has 0 aromatic heterocycles. The van der Waals surface area contributed by atoms with E-state index in [-0.39, 0.29) is 71.4 Å². The normalized spacial score (nSPS) is 7.07. The van der Waals surface area contributed by atoms with Gasteiger partial charge < -0.3 is 25.1 Å². The zero-order valence-electron chi connectivity index (χ0n) is 9.46. The van der Waals surface area contributed by atoms with E-state index in [9.17, 15) is 24.6 Å². The molecule has 0 aromatic rings. The van der Waals surface area contributed by atoms with Crippen LogP contribution in [0.3, 0.4) is 0 Å². The predicted octanol–water partition coefficient (Wildman–Crippen LogP) is -9.32. The van der Waals surface area contributed by atoms with E-state index < -0.39 is 18.4 Å². The maximum atomic E-state index is 9.83. The minimum Gasteiger partial charge on any atom is -0.550 e. The molecule has 0 amide bonds. The molecule has 0 saturated carbocycles. The Morgan fingerprint density at radius 1 is 1.07 bits per heavy atom. The van der Waals surface area contributed by atoms with Crippen molar-refractivity contribution in [1.82, 2.24) is 5.32 Å². The van der Waals surface area contributed by atoms with Crippen LogP contribution in [0.2, 0.25) is 0 Å². The van der Waals surface area contributed by atoms with E-state index in [0.717, 1.165) is 0 Å². The Hall–Kier alpha value is 0.570. The first-order chi connectivity index (χ1) is 5.90. The number of carbonyl (C=O) groups is 3. The summed E-state index contributed by atoms with van der Waals surface area (Å²) in [6.45, 7) is 1.13. The predicted molar refractivity (Wildman–Crippen MR) is 39.2 cm³/mol. The number of carboxylic acid groups (broad SMARTS) is 2. The maximum absolute atomic E-state index is 9.83. The first-order valence-corrected chi connectivity index (χ1v) is 3.43. The van der Waals surface area contributed by atoms with E-state index in [1.807, 2.05) is 0 Å². The first kappa shape index (κ1) is 24.7. The van der Waals surface area contributed by atoms with Gasteiger partial charge in [0.05, 0.1) is 5.97 Å². The van der Waals surface area contributed by atoms with Crippen LogP contribution in [0.25, 0.3) is 0 Å². The molecule has 0 spiro atoms. The molecule has 0 radical (unpaired) electrons. The van der Waals surface area contributed by atoms with Crippen LogP contribution in [-0.4, -0.2) is 31.3 Å². The van der Waals surface area contributed by atoms with E-state index in [4.69, 9.17) is 0 Å². The largest absolute Gasteiger partial charge is 1.00 e. The second-order valence-electron chi connectivity index (χ2n) is 2.15. The molecular weight excluding hydrogens is 224 g/mol. The Labute approximate surface area is 132 Å². The Morgan fingerprint density at radius 3 is 1.47 bits per heavy atom.